The number of aromatic amines is 2. The maximum absolute atomic E-state index is 12.5. The second-order valence-electron chi connectivity index (χ2n) is 8.21. The molecule has 0 unspecified atom stereocenters. The minimum absolute atomic E-state index is 0.109. The summed E-state index contributed by atoms with van der Waals surface area (Å²) in [7, 11) is 0. The Labute approximate surface area is 170 Å². The number of nitrogens with zero attached hydrogens (tertiary/aromatic N) is 1. The molecule has 4 heteroatoms. The Morgan fingerprint density at radius 3 is 1.93 bits per heavy atom. The van der Waals surface area contributed by atoms with Gasteiger partial charge in [-0.1, -0.05) is 43.3 Å². The lowest BCUT2D eigenvalue weighted by Crippen LogP contribution is -2.45. The van der Waals surface area contributed by atoms with Crippen molar-refractivity contribution in [3.8, 4) is 0 Å². The van der Waals surface area contributed by atoms with E-state index in [2.05, 4.69) is 82.7 Å². The van der Waals surface area contributed by atoms with Gasteiger partial charge < -0.3 is 14.9 Å². The number of hydrogen-bond acceptors (Lipinski definition) is 1. The molecular weight excluding hydrogens is 358 g/mol. The van der Waals surface area contributed by atoms with Gasteiger partial charge in [-0.2, -0.15) is 0 Å². The van der Waals surface area contributed by atoms with E-state index < -0.39 is 0 Å². The fraction of sp³-hybridized carbons (Fsp3) is 0.320. The van der Waals surface area contributed by atoms with Crippen molar-refractivity contribution in [2.45, 2.75) is 38.0 Å². The molecule has 2 N–H and O–H groups in total. The average Bonchev–Trinajstić information content (AvgIpc) is 3.39. The zero-order valence-electron chi connectivity index (χ0n) is 16.9. The Morgan fingerprint density at radius 2 is 1.41 bits per heavy atom. The molecule has 148 valence electrons. The van der Waals surface area contributed by atoms with Crippen LogP contribution < -0.4 is 0 Å². The number of rotatable bonds is 4. The van der Waals surface area contributed by atoms with Crippen LogP contribution in [0.1, 0.15) is 43.7 Å². The molecule has 1 aliphatic rings. The summed E-state index contributed by atoms with van der Waals surface area (Å²) in [5.74, 6) is 0.291. The highest BCUT2D eigenvalue weighted by atomic mass is 16.2. The van der Waals surface area contributed by atoms with Gasteiger partial charge in [0.25, 0.3) is 0 Å². The summed E-state index contributed by atoms with van der Waals surface area (Å²) < 4.78 is 0. The Hall–Kier alpha value is -3.01. The summed E-state index contributed by atoms with van der Waals surface area (Å²) in [5, 5.41) is 2.57. The first kappa shape index (κ1) is 18.0. The number of carbonyl (C=O) groups is 1. The molecule has 0 aliphatic carbocycles. The molecule has 4 aromatic rings. The number of likely N-dealkylation sites (tertiary alicyclic amines) is 1. The molecule has 2 aromatic heterocycles. The van der Waals surface area contributed by atoms with Crippen molar-refractivity contribution in [3.63, 3.8) is 0 Å². The number of nitrogens with one attached hydrogen (secondary N) is 2. The highest BCUT2D eigenvalue weighted by Crippen LogP contribution is 2.46. The predicted molar refractivity (Wildman–Crippen MR) is 118 cm³/mol. The quantitative estimate of drug-likeness (QED) is 0.488. The van der Waals surface area contributed by atoms with Crippen LogP contribution in [-0.2, 0) is 10.2 Å². The van der Waals surface area contributed by atoms with E-state index in [1.807, 2.05) is 0 Å². The lowest BCUT2D eigenvalue weighted by atomic mass is 9.68. The number of amides is 1. The van der Waals surface area contributed by atoms with Crippen LogP contribution >= 0.6 is 0 Å². The van der Waals surface area contributed by atoms with Crippen molar-refractivity contribution in [2.75, 3.05) is 13.1 Å². The molecule has 1 fully saturated rings. The molecule has 0 bridgehead atoms. The minimum atomic E-state index is -0.109. The van der Waals surface area contributed by atoms with Crippen LogP contribution in [0, 0.1) is 0 Å². The maximum Gasteiger partial charge on any atom is 0.222 e. The van der Waals surface area contributed by atoms with Crippen LogP contribution in [0.3, 0.4) is 0 Å². The normalized spacial score (nSPS) is 16.5. The van der Waals surface area contributed by atoms with E-state index in [0.29, 0.717) is 12.3 Å². The van der Waals surface area contributed by atoms with Gasteiger partial charge in [-0.3, -0.25) is 4.79 Å². The van der Waals surface area contributed by atoms with Crippen LogP contribution in [0.25, 0.3) is 21.8 Å². The molecule has 0 radical (unpaired) electrons. The number of benzene rings is 2. The summed E-state index contributed by atoms with van der Waals surface area (Å²) in [6.07, 6.45) is 7.81. The molecule has 3 heterocycles. The van der Waals surface area contributed by atoms with Crippen LogP contribution in [-0.4, -0.2) is 33.9 Å². The van der Waals surface area contributed by atoms with Gasteiger partial charge in [-0.05, 0) is 42.5 Å². The number of fused-ring (bicyclic) bond motifs is 2. The largest absolute Gasteiger partial charge is 0.361 e. The molecule has 4 nitrogen and oxygen atoms in total. The molecule has 1 saturated heterocycles. The second kappa shape index (κ2) is 7.11. The molecule has 0 saturated carbocycles. The number of aromatic nitrogens is 2. The van der Waals surface area contributed by atoms with Crippen LogP contribution in [0.15, 0.2) is 60.9 Å². The standard InChI is InChI=1S/C25H27N3O/c1-2-7-24(29)28-14-12-25(13-15-28,20-16-26-22-10-5-3-8-18(20)22)21-17-27-23-11-6-4-9-19(21)23/h3-6,8-11,16-17,26-27H,2,7,12-15H2,1H3. The summed E-state index contributed by atoms with van der Waals surface area (Å²) in [4.78, 5) is 21.5. The van der Waals surface area contributed by atoms with E-state index in [1.165, 1.54) is 32.9 Å². The van der Waals surface area contributed by atoms with E-state index in [9.17, 15) is 4.79 Å². The molecule has 0 spiro atoms. The summed E-state index contributed by atoms with van der Waals surface area (Å²) in [6, 6.07) is 17.1. The van der Waals surface area contributed by atoms with Gasteiger partial charge in [0.2, 0.25) is 5.91 Å². The molecule has 5 rings (SSSR count). The van der Waals surface area contributed by atoms with Gasteiger partial charge in [-0.25, -0.2) is 0 Å². The van der Waals surface area contributed by atoms with Crippen LogP contribution in [0.4, 0.5) is 0 Å². The SMILES string of the molecule is CCCC(=O)N1CCC(c2c[nH]c3ccccc23)(c2c[nH]c3ccccc23)CC1. The van der Waals surface area contributed by atoms with Crippen molar-refractivity contribution < 1.29 is 4.79 Å². The van der Waals surface area contributed by atoms with E-state index in [1.54, 1.807) is 0 Å². The topological polar surface area (TPSA) is 51.9 Å². The lowest BCUT2D eigenvalue weighted by Gasteiger charge is -2.42. The third kappa shape index (κ3) is 2.86. The lowest BCUT2D eigenvalue weighted by molar-refractivity contribution is -0.132. The number of carbonyl (C=O) groups excluding carboxylic acids is 1. The smallest absolute Gasteiger partial charge is 0.222 e. The number of piperidine rings is 1. The zero-order chi connectivity index (χ0) is 19.8. The highest BCUT2D eigenvalue weighted by molar-refractivity contribution is 5.89. The average molecular weight is 386 g/mol. The number of H-pyrrole nitrogens is 2. The van der Waals surface area contributed by atoms with Gasteiger partial charge in [0.05, 0.1) is 0 Å². The molecule has 2 aromatic carbocycles. The molecular formula is C25H27N3O. The molecule has 1 amide bonds. The van der Waals surface area contributed by atoms with Crippen molar-refractivity contribution in [1.29, 1.82) is 0 Å². The molecule has 0 atom stereocenters. The van der Waals surface area contributed by atoms with Gasteiger partial charge in [0.1, 0.15) is 0 Å². The van der Waals surface area contributed by atoms with E-state index in [-0.39, 0.29) is 5.41 Å². The van der Waals surface area contributed by atoms with Gasteiger partial charge in [0, 0.05) is 59.1 Å². The summed E-state index contributed by atoms with van der Waals surface area (Å²) >= 11 is 0. The van der Waals surface area contributed by atoms with Crippen LogP contribution in [0.2, 0.25) is 0 Å². The third-order valence-electron chi connectivity index (χ3n) is 6.64. The van der Waals surface area contributed by atoms with Crippen molar-refractivity contribution >= 4 is 27.7 Å². The first-order chi connectivity index (χ1) is 14.2. The van der Waals surface area contributed by atoms with Gasteiger partial charge in [0.15, 0.2) is 0 Å². The zero-order valence-corrected chi connectivity index (χ0v) is 16.9. The summed E-state index contributed by atoms with van der Waals surface area (Å²) in [5.41, 5.74) is 4.93. The Bertz CT molecular complexity index is 1080. The summed E-state index contributed by atoms with van der Waals surface area (Å²) in [6.45, 7) is 3.68. The monoisotopic (exact) mass is 385 g/mol. The van der Waals surface area contributed by atoms with Crippen molar-refractivity contribution in [1.82, 2.24) is 14.9 Å². The second-order valence-corrected chi connectivity index (χ2v) is 8.21. The first-order valence-electron chi connectivity index (χ1n) is 10.6. The van der Waals surface area contributed by atoms with Crippen molar-refractivity contribution in [3.05, 3.63) is 72.1 Å². The number of hydrogen-bond donors (Lipinski definition) is 2. The maximum atomic E-state index is 12.5. The van der Waals surface area contributed by atoms with Crippen LogP contribution in [0.5, 0.6) is 0 Å². The predicted octanol–water partition coefficient (Wildman–Crippen LogP) is 5.36. The Morgan fingerprint density at radius 1 is 0.897 bits per heavy atom. The van der Waals surface area contributed by atoms with Crippen molar-refractivity contribution in [2.24, 2.45) is 0 Å². The van der Waals surface area contributed by atoms with Gasteiger partial charge in [-0.15, -0.1) is 0 Å². The molecule has 1 aliphatic heterocycles. The molecule has 29 heavy (non-hydrogen) atoms. The minimum Gasteiger partial charge on any atom is -0.361 e. The fourth-order valence-electron chi connectivity index (χ4n) is 5.13. The first-order valence-corrected chi connectivity index (χ1v) is 10.6. The number of para-hydroxylation sites is 2. The van der Waals surface area contributed by atoms with E-state index in [4.69, 9.17) is 0 Å². The van der Waals surface area contributed by atoms with E-state index >= 15 is 0 Å². The third-order valence-corrected chi connectivity index (χ3v) is 6.64. The fourth-order valence-corrected chi connectivity index (χ4v) is 5.13. The Kier molecular flexibility index (Phi) is 4.42. The highest BCUT2D eigenvalue weighted by Gasteiger charge is 2.41. The van der Waals surface area contributed by atoms with Gasteiger partial charge >= 0.3 is 0 Å². The van der Waals surface area contributed by atoms with E-state index in [0.717, 1.165) is 32.4 Å². The Balaban J connectivity index is 1.64.